The van der Waals surface area contributed by atoms with E-state index in [0.29, 0.717) is 31.7 Å². The van der Waals surface area contributed by atoms with Gasteiger partial charge in [0.05, 0.1) is 0 Å². The molecule has 1 unspecified atom stereocenters. The summed E-state index contributed by atoms with van der Waals surface area (Å²) in [6.45, 7) is 2.88. The predicted molar refractivity (Wildman–Crippen MR) is 95.2 cm³/mol. The van der Waals surface area contributed by atoms with Crippen molar-refractivity contribution in [2.75, 3.05) is 24.6 Å². The summed E-state index contributed by atoms with van der Waals surface area (Å²) < 4.78 is 0. The molecule has 0 bridgehead atoms. The summed E-state index contributed by atoms with van der Waals surface area (Å²) in [6, 6.07) is 10.5. The zero-order chi connectivity index (χ0) is 16.9. The van der Waals surface area contributed by atoms with Crippen LogP contribution in [0.3, 0.4) is 0 Å². The van der Waals surface area contributed by atoms with Crippen LogP contribution >= 0.6 is 11.8 Å². The first kappa shape index (κ1) is 19.5. The Bertz CT molecular complexity index is 468. The van der Waals surface area contributed by atoms with Gasteiger partial charge in [-0.25, -0.2) is 4.79 Å². The fourth-order valence-electron chi connectivity index (χ4n) is 2.12. The molecular formula is C17H26N2O3S. The molecule has 0 saturated heterocycles. The van der Waals surface area contributed by atoms with E-state index in [4.69, 9.17) is 5.11 Å². The molecule has 0 aliphatic rings. The number of amides is 1. The Balaban J connectivity index is 2.37. The molecule has 0 fully saturated rings. The van der Waals surface area contributed by atoms with Crippen LogP contribution in [0.2, 0.25) is 0 Å². The Morgan fingerprint density at radius 1 is 1.22 bits per heavy atom. The topological polar surface area (TPSA) is 78.4 Å². The maximum Gasteiger partial charge on any atom is 0.404 e. The molecule has 5 nitrogen and oxygen atoms in total. The number of carbonyl (C=O) groups is 2. The van der Waals surface area contributed by atoms with Crippen LogP contribution in [0.4, 0.5) is 4.79 Å². The lowest BCUT2D eigenvalue weighted by Gasteiger charge is -2.18. The fourth-order valence-corrected chi connectivity index (χ4v) is 3.18. The van der Waals surface area contributed by atoms with E-state index in [2.05, 4.69) is 22.8 Å². The van der Waals surface area contributed by atoms with Gasteiger partial charge in [-0.05, 0) is 12.0 Å². The molecule has 1 amide bonds. The van der Waals surface area contributed by atoms with Crippen molar-refractivity contribution >= 4 is 23.6 Å². The lowest BCUT2D eigenvalue weighted by molar-refractivity contribution is -0.118. The number of thioether (sulfide) groups is 1. The Hall–Kier alpha value is -1.53. The average molecular weight is 338 g/mol. The van der Waals surface area contributed by atoms with Crippen LogP contribution < -0.4 is 10.6 Å². The predicted octanol–water partition coefficient (Wildman–Crippen LogP) is 2.56. The van der Waals surface area contributed by atoms with E-state index in [1.807, 2.05) is 25.1 Å². The maximum absolute atomic E-state index is 11.3. The minimum atomic E-state index is -1.00. The number of Topliss-reactive ketones (excluding diaryl/α,β-unsaturated/α-hetero) is 1. The zero-order valence-electron chi connectivity index (χ0n) is 13.6. The second kappa shape index (κ2) is 12.0. The monoisotopic (exact) mass is 338 g/mol. The van der Waals surface area contributed by atoms with E-state index in [1.54, 1.807) is 11.8 Å². The minimum Gasteiger partial charge on any atom is -0.465 e. The lowest BCUT2D eigenvalue weighted by Crippen LogP contribution is -2.39. The standard InChI is InChI=1S/C17H26N2O3S/c1-2-16(20)8-11-23-13-15(18-9-10-19-17(21)22)12-14-6-4-3-5-7-14/h3-7,15,18-19H,2,8-13H2,1H3,(H,21,22). The zero-order valence-corrected chi connectivity index (χ0v) is 14.4. The van der Waals surface area contributed by atoms with Crippen molar-refractivity contribution in [3.05, 3.63) is 35.9 Å². The number of hydrogen-bond acceptors (Lipinski definition) is 4. The van der Waals surface area contributed by atoms with Gasteiger partial charge in [0.15, 0.2) is 0 Å². The third-order valence-corrected chi connectivity index (χ3v) is 4.53. The third-order valence-electron chi connectivity index (χ3n) is 3.40. The number of benzene rings is 1. The molecule has 1 aromatic carbocycles. The summed E-state index contributed by atoms with van der Waals surface area (Å²) >= 11 is 1.77. The van der Waals surface area contributed by atoms with Crippen LogP contribution in [0, 0.1) is 0 Å². The van der Waals surface area contributed by atoms with Gasteiger partial charge in [-0.3, -0.25) is 4.79 Å². The van der Waals surface area contributed by atoms with Crippen LogP contribution in [0.25, 0.3) is 0 Å². The molecule has 0 aliphatic carbocycles. The second-order valence-electron chi connectivity index (χ2n) is 5.29. The van der Waals surface area contributed by atoms with Gasteiger partial charge in [0.2, 0.25) is 0 Å². The molecular weight excluding hydrogens is 312 g/mol. The molecule has 6 heteroatoms. The molecule has 0 aromatic heterocycles. The third kappa shape index (κ3) is 9.97. The van der Waals surface area contributed by atoms with Crippen molar-refractivity contribution in [1.29, 1.82) is 0 Å². The van der Waals surface area contributed by atoms with Crippen molar-refractivity contribution in [3.8, 4) is 0 Å². The molecule has 128 valence electrons. The Labute approximate surface area is 142 Å². The summed E-state index contributed by atoms with van der Waals surface area (Å²) in [7, 11) is 0. The first-order valence-corrected chi connectivity index (χ1v) is 9.10. The van der Waals surface area contributed by atoms with Crippen molar-refractivity contribution in [3.63, 3.8) is 0 Å². The van der Waals surface area contributed by atoms with Crippen molar-refractivity contribution in [2.24, 2.45) is 0 Å². The van der Waals surface area contributed by atoms with Crippen molar-refractivity contribution in [2.45, 2.75) is 32.2 Å². The van der Waals surface area contributed by atoms with E-state index in [0.717, 1.165) is 17.9 Å². The summed E-state index contributed by atoms with van der Waals surface area (Å²) in [5.41, 5.74) is 1.25. The molecule has 0 saturated carbocycles. The number of carbonyl (C=O) groups excluding carboxylic acids is 1. The first-order valence-electron chi connectivity index (χ1n) is 7.95. The lowest BCUT2D eigenvalue weighted by atomic mass is 10.1. The molecule has 3 N–H and O–H groups in total. The number of carboxylic acid groups (broad SMARTS) is 1. The summed E-state index contributed by atoms with van der Waals surface area (Å²) in [5.74, 6) is 2.04. The molecule has 1 rings (SSSR count). The molecule has 0 heterocycles. The number of rotatable bonds is 12. The van der Waals surface area contributed by atoms with Gasteiger partial charge in [-0.15, -0.1) is 0 Å². The summed E-state index contributed by atoms with van der Waals surface area (Å²) in [6.07, 6.45) is 1.12. The van der Waals surface area contributed by atoms with E-state index >= 15 is 0 Å². The highest BCUT2D eigenvalue weighted by atomic mass is 32.2. The normalized spacial score (nSPS) is 11.9. The second-order valence-corrected chi connectivity index (χ2v) is 6.44. The van der Waals surface area contributed by atoms with E-state index in [9.17, 15) is 9.59 Å². The number of nitrogens with one attached hydrogen (secondary N) is 2. The van der Waals surface area contributed by atoms with Gasteiger partial charge in [0, 0.05) is 43.5 Å². The van der Waals surface area contributed by atoms with Crippen molar-refractivity contribution < 1.29 is 14.7 Å². The van der Waals surface area contributed by atoms with E-state index in [-0.39, 0.29) is 6.04 Å². The van der Waals surface area contributed by atoms with Gasteiger partial charge in [0.25, 0.3) is 0 Å². The van der Waals surface area contributed by atoms with Crippen LogP contribution in [-0.2, 0) is 11.2 Å². The number of ketones is 1. The Morgan fingerprint density at radius 3 is 2.61 bits per heavy atom. The highest BCUT2D eigenvalue weighted by molar-refractivity contribution is 7.99. The Kier molecular flexibility index (Phi) is 10.2. The highest BCUT2D eigenvalue weighted by Gasteiger charge is 2.10. The van der Waals surface area contributed by atoms with Gasteiger partial charge >= 0.3 is 6.09 Å². The Morgan fingerprint density at radius 2 is 1.96 bits per heavy atom. The SMILES string of the molecule is CCC(=O)CCSCC(Cc1ccccc1)NCCNC(=O)O. The summed E-state index contributed by atoms with van der Waals surface area (Å²) in [4.78, 5) is 21.8. The van der Waals surface area contributed by atoms with Crippen LogP contribution in [0.1, 0.15) is 25.3 Å². The van der Waals surface area contributed by atoms with Crippen LogP contribution in [0.15, 0.2) is 30.3 Å². The van der Waals surface area contributed by atoms with E-state index < -0.39 is 6.09 Å². The number of hydrogen-bond donors (Lipinski definition) is 3. The van der Waals surface area contributed by atoms with Crippen LogP contribution in [-0.4, -0.2) is 47.6 Å². The first-order chi connectivity index (χ1) is 11.1. The average Bonchev–Trinajstić information content (AvgIpc) is 2.55. The van der Waals surface area contributed by atoms with Crippen LogP contribution in [0.5, 0.6) is 0 Å². The maximum atomic E-state index is 11.3. The van der Waals surface area contributed by atoms with E-state index in [1.165, 1.54) is 5.56 Å². The molecule has 1 aromatic rings. The van der Waals surface area contributed by atoms with Gasteiger partial charge in [-0.2, -0.15) is 11.8 Å². The molecule has 23 heavy (non-hydrogen) atoms. The smallest absolute Gasteiger partial charge is 0.404 e. The minimum absolute atomic E-state index is 0.259. The highest BCUT2D eigenvalue weighted by Crippen LogP contribution is 2.11. The van der Waals surface area contributed by atoms with Gasteiger partial charge < -0.3 is 15.7 Å². The van der Waals surface area contributed by atoms with Gasteiger partial charge in [0.1, 0.15) is 5.78 Å². The molecule has 0 spiro atoms. The summed E-state index contributed by atoms with van der Waals surface area (Å²) in [5, 5.41) is 14.3. The quantitative estimate of drug-likeness (QED) is 0.511. The molecule has 0 radical (unpaired) electrons. The fraction of sp³-hybridized carbons (Fsp3) is 0.529. The largest absolute Gasteiger partial charge is 0.465 e. The molecule has 0 aliphatic heterocycles. The molecule has 1 atom stereocenters. The van der Waals surface area contributed by atoms with Gasteiger partial charge in [-0.1, -0.05) is 37.3 Å². The van der Waals surface area contributed by atoms with Crippen molar-refractivity contribution in [1.82, 2.24) is 10.6 Å².